The van der Waals surface area contributed by atoms with Gasteiger partial charge in [0.05, 0.1) is 16.1 Å². The maximum absolute atomic E-state index is 11.6. The van der Waals surface area contributed by atoms with Crippen LogP contribution in [0.25, 0.3) is 0 Å². The number of hydrogen-bond donors (Lipinski definition) is 0. The highest BCUT2D eigenvalue weighted by atomic mass is 79.9. The van der Waals surface area contributed by atoms with Crippen molar-refractivity contribution in [3.63, 3.8) is 0 Å². The normalized spacial score (nSPS) is 11.1. The molecule has 1 rings (SSSR count). The van der Waals surface area contributed by atoms with Gasteiger partial charge in [-0.2, -0.15) is 0 Å². The summed E-state index contributed by atoms with van der Waals surface area (Å²) in [5, 5.41) is 0. The molecule has 0 heterocycles. The summed E-state index contributed by atoms with van der Waals surface area (Å²) in [6.45, 7) is 6.13. The Labute approximate surface area is 111 Å². The molecule has 17 heavy (non-hydrogen) atoms. The van der Waals surface area contributed by atoms with Crippen LogP contribution in [0.4, 0.5) is 4.79 Å². The smallest absolute Gasteiger partial charge is 0.420 e. The van der Waals surface area contributed by atoms with E-state index < -0.39 is 5.60 Å². The molecule has 0 aliphatic heterocycles. The van der Waals surface area contributed by atoms with Crippen LogP contribution in [0, 0.1) is 0 Å². The predicted molar refractivity (Wildman–Crippen MR) is 72.0 cm³/mol. The molecule has 3 nitrogen and oxygen atoms in total. The third kappa shape index (κ3) is 5.73. The predicted octanol–water partition coefficient (Wildman–Crippen LogP) is 3.78. The Bertz CT molecular complexity index is 359. The van der Waals surface area contributed by atoms with Crippen molar-refractivity contribution in [1.29, 1.82) is 0 Å². The minimum atomic E-state index is -0.462. The van der Waals surface area contributed by atoms with Gasteiger partial charge in [-0.15, -0.1) is 0 Å². The molecule has 0 saturated carbocycles. The highest BCUT2D eigenvalue weighted by molar-refractivity contribution is 9.07. The second-order valence-electron chi connectivity index (χ2n) is 4.80. The lowest BCUT2D eigenvalue weighted by atomic mass is 10.1. The zero-order chi connectivity index (χ0) is 12.9. The molecule has 0 aromatic heterocycles. The Morgan fingerprint density at radius 3 is 2.41 bits per heavy atom. The Morgan fingerprint density at radius 1 is 1.29 bits per heavy atom. The topological polar surface area (TPSA) is 29.5 Å². The summed E-state index contributed by atoms with van der Waals surface area (Å²) in [7, 11) is 0. The van der Waals surface area contributed by atoms with Crippen LogP contribution in [0.5, 0.6) is 0 Å². The van der Waals surface area contributed by atoms with Gasteiger partial charge in [-0.25, -0.2) is 8.72 Å². The van der Waals surface area contributed by atoms with Crippen LogP contribution in [0.1, 0.15) is 26.3 Å². The summed E-state index contributed by atoms with van der Waals surface area (Å²) in [5.41, 5.74) is 0.732. The molecule has 0 spiro atoms. The Hall–Kier alpha value is -1.03. The molecule has 4 heteroatoms. The fraction of sp³-hybridized carbons (Fsp3) is 0.462. The van der Waals surface area contributed by atoms with Gasteiger partial charge in [-0.1, -0.05) is 30.3 Å². The number of amides is 1. The van der Waals surface area contributed by atoms with Gasteiger partial charge >= 0.3 is 6.09 Å². The van der Waals surface area contributed by atoms with Crippen LogP contribution in [-0.2, 0) is 11.2 Å². The third-order valence-electron chi connectivity index (χ3n) is 2.03. The van der Waals surface area contributed by atoms with Crippen molar-refractivity contribution in [3.05, 3.63) is 35.9 Å². The zero-order valence-corrected chi connectivity index (χ0v) is 12.0. The molecule has 1 amide bonds. The number of hydrogen-bond acceptors (Lipinski definition) is 2. The number of ether oxygens (including phenoxy) is 1. The minimum absolute atomic E-state index is 0.353. The van der Waals surface area contributed by atoms with Gasteiger partial charge < -0.3 is 4.74 Å². The van der Waals surface area contributed by atoms with Crippen LogP contribution in [0.15, 0.2) is 30.3 Å². The van der Waals surface area contributed by atoms with Crippen molar-refractivity contribution in [3.8, 4) is 0 Å². The molecule has 0 radical (unpaired) electrons. The van der Waals surface area contributed by atoms with Gasteiger partial charge in [0, 0.05) is 6.54 Å². The van der Waals surface area contributed by atoms with Crippen molar-refractivity contribution in [2.75, 3.05) is 6.54 Å². The molecule has 1 aromatic rings. The van der Waals surface area contributed by atoms with Crippen molar-refractivity contribution in [2.45, 2.75) is 32.8 Å². The molecule has 0 bridgehead atoms. The fourth-order valence-electron chi connectivity index (χ4n) is 1.27. The first-order chi connectivity index (χ1) is 7.88. The number of carbonyl (C=O) groups is 1. The molecule has 0 fully saturated rings. The van der Waals surface area contributed by atoms with Gasteiger partial charge in [0.2, 0.25) is 0 Å². The lowest BCUT2D eigenvalue weighted by Crippen LogP contribution is -2.32. The maximum Gasteiger partial charge on any atom is 0.420 e. The quantitative estimate of drug-likeness (QED) is 0.795. The van der Waals surface area contributed by atoms with Crippen LogP contribution in [0.2, 0.25) is 0 Å². The van der Waals surface area contributed by atoms with Crippen LogP contribution in [0.3, 0.4) is 0 Å². The average molecular weight is 300 g/mol. The number of nitrogens with zero attached hydrogens (tertiary/aromatic N) is 1. The minimum Gasteiger partial charge on any atom is -0.443 e. The molecule has 0 saturated heterocycles. The SMILES string of the molecule is CC(C)(C)OC(=O)N(Br)CCc1ccccc1. The van der Waals surface area contributed by atoms with Gasteiger partial charge in [-0.05, 0) is 32.8 Å². The van der Waals surface area contributed by atoms with Crippen molar-refractivity contribution in [2.24, 2.45) is 0 Å². The van der Waals surface area contributed by atoms with Crippen molar-refractivity contribution in [1.82, 2.24) is 3.93 Å². The van der Waals surface area contributed by atoms with Crippen molar-refractivity contribution < 1.29 is 9.53 Å². The van der Waals surface area contributed by atoms with Gasteiger partial charge in [-0.3, -0.25) is 0 Å². The van der Waals surface area contributed by atoms with Crippen LogP contribution < -0.4 is 0 Å². The van der Waals surface area contributed by atoms with E-state index in [-0.39, 0.29) is 6.09 Å². The van der Waals surface area contributed by atoms with Crippen LogP contribution in [-0.4, -0.2) is 22.2 Å². The zero-order valence-electron chi connectivity index (χ0n) is 10.4. The number of halogens is 1. The lowest BCUT2D eigenvalue weighted by molar-refractivity contribution is 0.0416. The van der Waals surface area contributed by atoms with E-state index in [9.17, 15) is 4.79 Å². The van der Waals surface area contributed by atoms with E-state index in [2.05, 4.69) is 16.1 Å². The fourth-order valence-corrected chi connectivity index (χ4v) is 1.52. The summed E-state index contributed by atoms with van der Waals surface area (Å²) < 4.78 is 6.65. The van der Waals surface area contributed by atoms with E-state index in [1.54, 1.807) is 0 Å². The van der Waals surface area contributed by atoms with E-state index in [0.717, 1.165) is 6.42 Å². The van der Waals surface area contributed by atoms with Crippen molar-refractivity contribution >= 4 is 22.2 Å². The molecule has 1 aromatic carbocycles. The molecule has 0 aliphatic rings. The highest BCUT2D eigenvalue weighted by Crippen LogP contribution is 2.13. The van der Waals surface area contributed by atoms with Gasteiger partial charge in [0.1, 0.15) is 5.60 Å². The summed E-state index contributed by atoms with van der Waals surface area (Å²) in [5.74, 6) is 0. The number of benzene rings is 1. The summed E-state index contributed by atoms with van der Waals surface area (Å²) >= 11 is 3.21. The van der Waals surface area contributed by atoms with E-state index in [1.807, 2.05) is 51.1 Å². The molecular formula is C13H18BrNO2. The van der Waals surface area contributed by atoms with E-state index >= 15 is 0 Å². The van der Waals surface area contributed by atoms with Crippen LogP contribution >= 0.6 is 16.1 Å². The molecule has 0 atom stereocenters. The van der Waals surface area contributed by atoms with E-state index in [0.29, 0.717) is 6.54 Å². The van der Waals surface area contributed by atoms with E-state index in [4.69, 9.17) is 4.74 Å². The number of carbonyl (C=O) groups excluding carboxylic acids is 1. The molecule has 0 unspecified atom stereocenters. The summed E-state index contributed by atoms with van der Waals surface area (Å²) in [6, 6.07) is 10.0. The average Bonchev–Trinajstić information content (AvgIpc) is 2.25. The second kappa shape index (κ2) is 6.05. The first-order valence-electron chi connectivity index (χ1n) is 5.59. The molecule has 0 N–H and O–H groups in total. The monoisotopic (exact) mass is 299 g/mol. The first-order valence-corrected chi connectivity index (χ1v) is 6.29. The Kier molecular flexibility index (Phi) is 5.00. The third-order valence-corrected chi connectivity index (χ3v) is 2.68. The molecular weight excluding hydrogens is 282 g/mol. The molecule has 94 valence electrons. The Morgan fingerprint density at radius 2 is 1.88 bits per heavy atom. The largest absolute Gasteiger partial charge is 0.443 e. The standard InChI is InChI=1S/C13H18BrNO2/c1-13(2,3)17-12(16)15(14)10-9-11-7-5-4-6-8-11/h4-8H,9-10H2,1-3H3. The highest BCUT2D eigenvalue weighted by Gasteiger charge is 2.20. The molecule has 0 aliphatic carbocycles. The van der Waals surface area contributed by atoms with E-state index in [1.165, 1.54) is 9.49 Å². The second-order valence-corrected chi connectivity index (χ2v) is 5.66. The summed E-state index contributed by atoms with van der Waals surface area (Å²) in [4.78, 5) is 11.6. The number of rotatable bonds is 3. The first kappa shape index (κ1) is 14.0. The maximum atomic E-state index is 11.6. The Balaban J connectivity index is 2.40. The van der Waals surface area contributed by atoms with Gasteiger partial charge in [0.15, 0.2) is 0 Å². The lowest BCUT2D eigenvalue weighted by Gasteiger charge is -2.23. The van der Waals surface area contributed by atoms with Gasteiger partial charge in [0.25, 0.3) is 0 Å². The summed E-state index contributed by atoms with van der Waals surface area (Å²) in [6.07, 6.45) is 0.444.